The summed E-state index contributed by atoms with van der Waals surface area (Å²) >= 11 is 0. The molecule has 12 nitrogen and oxygen atoms in total. The molecule has 0 unspecified atom stereocenters. The summed E-state index contributed by atoms with van der Waals surface area (Å²) in [6, 6.07) is 7.65. The highest BCUT2D eigenvalue weighted by Crippen LogP contribution is 2.68. The first-order chi connectivity index (χ1) is 22.4. The molecular weight excluding hydrogens is 596 g/mol. The second-order valence-corrected chi connectivity index (χ2v) is 14.5. The summed E-state index contributed by atoms with van der Waals surface area (Å²) < 4.78 is 9.67. The maximum Gasteiger partial charge on any atom is 0.328 e. The van der Waals surface area contributed by atoms with E-state index in [1.165, 1.54) is 11.0 Å². The first-order valence-electron chi connectivity index (χ1n) is 16.4. The van der Waals surface area contributed by atoms with Crippen molar-refractivity contribution in [1.82, 2.24) is 34.5 Å². The molecule has 3 saturated carbocycles. The van der Waals surface area contributed by atoms with Crippen LogP contribution >= 0.6 is 0 Å². The molecule has 8 atom stereocenters. The maximum absolute atomic E-state index is 13.7. The highest BCUT2D eigenvalue weighted by molar-refractivity contribution is 5.86. The van der Waals surface area contributed by atoms with Gasteiger partial charge < -0.3 is 15.6 Å². The zero-order chi connectivity index (χ0) is 33.3. The van der Waals surface area contributed by atoms with Gasteiger partial charge in [-0.05, 0) is 55.1 Å². The van der Waals surface area contributed by atoms with Crippen LogP contribution in [0.3, 0.4) is 0 Å². The van der Waals surface area contributed by atoms with Crippen LogP contribution in [0.5, 0.6) is 0 Å². The van der Waals surface area contributed by atoms with Crippen LogP contribution < -0.4 is 5.73 Å². The number of carbonyl (C=O) groups is 2. The summed E-state index contributed by atoms with van der Waals surface area (Å²) in [5.74, 6) is -0.115. The minimum Gasteiger partial charge on any atom is -0.460 e. The van der Waals surface area contributed by atoms with Gasteiger partial charge in [-0.15, -0.1) is 11.7 Å². The van der Waals surface area contributed by atoms with Crippen LogP contribution in [0.1, 0.15) is 59.8 Å². The minimum absolute atomic E-state index is 0.0832. The number of hydrogen-bond acceptors (Lipinski definition) is 10. The van der Waals surface area contributed by atoms with Gasteiger partial charge in [-0.1, -0.05) is 51.1 Å². The highest BCUT2D eigenvalue weighted by Gasteiger charge is 2.68. The van der Waals surface area contributed by atoms with E-state index in [-0.39, 0.29) is 35.5 Å². The zero-order valence-corrected chi connectivity index (χ0v) is 27.3. The molecule has 3 heterocycles. The van der Waals surface area contributed by atoms with Crippen molar-refractivity contribution in [3.63, 3.8) is 0 Å². The van der Waals surface area contributed by atoms with Crippen molar-refractivity contribution in [1.29, 1.82) is 0 Å². The number of aliphatic hydroxyl groups excluding tert-OH is 1. The van der Waals surface area contributed by atoms with E-state index in [1.807, 2.05) is 35.8 Å². The predicted molar refractivity (Wildman–Crippen MR) is 175 cm³/mol. The summed E-state index contributed by atoms with van der Waals surface area (Å²) in [5.41, 5.74) is 7.74. The first kappa shape index (κ1) is 31.2. The number of benzene rings is 1. The lowest BCUT2D eigenvalue weighted by Crippen LogP contribution is -2.63. The number of carbonyl (C=O) groups excluding carboxylic acids is 2. The molecule has 12 heteroatoms. The number of anilines is 1. The monoisotopic (exact) mass is 638 g/mol. The Morgan fingerprint density at radius 3 is 2.68 bits per heavy atom. The number of aromatic nitrogens is 7. The molecule has 0 spiro atoms. The Morgan fingerprint density at radius 2 is 1.94 bits per heavy atom. The topological polar surface area (TPSA) is 164 Å². The molecule has 4 aromatic rings. The van der Waals surface area contributed by atoms with Gasteiger partial charge in [0.1, 0.15) is 36.8 Å². The zero-order valence-electron chi connectivity index (χ0n) is 27.3. The Bertz CT molecular complexity index is 1870. The van der Waals surface area contributed by atoms with Crippen LogP contribution in [0.4, 0.5) is 5.82 Å². The van der Waals surface area contributed by atoms with Gasteiger partial charge in [0, 0.05) is 34.4 Å². The molecule has 0 radical (unpaired) electrons. The van der Waals surface area contributed by atoms with Crippen LogP contribution in [-0.4, -0.2) is 63.6 Å². The number of nitrogens with two attached hydrogens (primary N) is 1. The van der Waals surface area contributed by atoms with Crippen molar-refractivity contribution in [2.75, 3.05) is 5.73 Å². The average molecular weight is 639 g/mol. The first-order valence-corrected chi connectivity index (χ1v) is 16.4. The smallest absolute Gasteiger partial charge is 0.328 e. The van der Waals surface area contributed by atoms with Gasteiger partial charge in [-0.2, -0.15) is 0 Å². The molecular formula is C35H42N8O4. The van der Waals surface area contributed by atoms with Crippen molar-refractivity contribution < 1.29 is 19.4 Å². The van der Waals surface area contributed by atoms with E-state index in [0.717, 1.165) is 30.5 Å². The molecule has 0 aliphatic heterocycles. The Balaban J connectivity index is 1.12. The summed E-state index contributed by atoms with van der Waals surface area (Å²) in [6.07, 6.45) is 8.72. The van der Waals surface area contributed by atoms with Crippen molar-refractivity contribution in [3.8, 4) is 16.9 Å². The lowest BCUT2D eigenvalue weighted by Gasteiger charge is -2.61. The number of aliphatic hydroxyl groups is 1. The van der Waals surface area contributed by atoms with Crippen LogP contribution in [-0.2, 0) is 20.9 Å². The second-order valence-electron chi connectivity index (χ2n) is 14.5. The van der Waals surface area contributed by atoms with Crippen molar-refractivity contribution in [2.24, 2.45) is 34.0 Å². The Morgan fingerprint density at radius 1 is 1.17 bits per heavy atom. The number of ketones is 1. The van der Waals surface area contributed by atoms with E-state index in [9.17, 15) is 14.7 Å². The standard InChI is InChI=1S/C35H42N8O4/c1-6-33(4)15-26(34(5)20(2)11-13-35(21(3)30(33)46)14-12-25(44)29(34)35)47-27(45)17-42-16-24(40-41-42)22-7-9-23(10-8-22)43-19-39-28-31(36)37-18-38-32(28)43/h6-10,16,18-21,26,29-30,46H,1,11-15,17H2,2-5H3,(H2,36,37,38)/t20-,21+,26-,29+,30+,33-,34+,35+/m1/s1. The summed E-state index contributed by atoms with van der Waals surface area (Å²) in [7, 11) is 0. The van der Waals surface area contributed by atoms with Gasteiger partial charge >= 0.3 is 5.97 Å². The van der Waals surface area contributed by atoms with E-state index in [0.29, 0.717) is 35.5 Å². The fourth-order valence-corrected chi connectivity index (χ4v) is 9.17. The molecule has 3 aliphatic carbocycles. The lowest BCUT2D eigenvalue weighted by molar-refractivity contribution is -0.207. The third-order valence-corrected chi connectivity index (χ3v) is 12.2. The fraction of sp³-hybridized carbons (Fsp3) is 0.514. The molecule has 3 fully saturated rings. The van der Waals surface area contributed by atoms with Crippen molar-refractivity contribution in [3.05, 3.63) is 55.8 Å². The molecule has 0 saturated heterocycles. The van der Waals surface area contributed by atoms with Crippen LogP contribution in [0.25, 0.3) is 28.1 Å². The van der Waals surface area contributed by atoms with E-state index in [1.54, 1.807) is 18.6 Å². The molecule has 3 aliphatic rings. The number of nitrogens with zero attached hydrogens (tertiary/aromatic N) is 7. The third-order valence-electron chi connectivity index (χ3n) is 12.2. The molecule has 7 rings (SSSR count). The number of rotatable bonds is 6. The Labute approximate surface area is 273 Å². The van der Waals surface area contributed by atoms with E-state index in [2.05, 4.69) is 52.6 Å². The Hall–Kier alpha value is -4.45. The number of Topliss-reactive ketones (excluding diaryl/α,β-unsaturated/α-hetero) is 1. The van der Waals surface area contributed by atoms with E-state index >= 15 is 0 Å². The number of hydrogen-bond donors (Lipinski definition) is 2. The number of imidazole rings is 1. The number of esters is 1. The van der Waals surface area contributed by atoms with Crippen LogP contribution in [0.2, 0.25) is 0 Å². The molecule has 3 N–H and O–H groups in total. The largest absolute Gasteiger partial charge is 0.460 e. The number of fused-ring (bicyclic) bond motifs is 1. The van der Waals surface area contributed by atoms with Crippen LogP contribution in [0.15, 0.2) is 55.8 Å². The fourth-order valence-electron chi connectivity index (χ4n) is 9.17. The molecule has 1 aromatic carbocycles. The SMILES string of the molecule is C=C[C@]1(C)C[C@@H](OC(=O)Cn2cc(-c3ccc(-n4cnc5c(N)ncnc54)cc3)nn2)[C@]2(C)[C@H](C)CC[C@]3(CCC(=O)[C@H]32)[C@@H](C)[C@@H]1O. The normalized spacial score (nSPS) is 33.6. The van der Waals surface area contributed by atoms with Crippen molar-refractivity contribution in [2.45, 2.75) is 78.6 Å². The van der Waals surface area contributed by atoms with Gasteiger partial charge in [-0.3, -0.25) is 14.2 Å². The summed E-state index contributed by atoms with van der Waals surface area (Å²) in [4.78, 5) is 39.9. The summed E-state index contributed by atoms with van der Waals surface area (Å²) in [6.45, 7) is 12.4. The van der Waals surface area contributed by atoms with Gasteiger partial charge in [0.2, 0.25) is 0 Å². The van der Waals surface area contributed by atoms with Gasteiger partial charge in [0.25, 0.3) is 0 Å². The molecule has 2 bridgehead atoms. The maximum atomic E-state index is 13.7. The second kappa shape index (κ2) is 11.1. The highest BCUT2D eigenvalue weighted by atomic mass is 16.5. The average Bonchev–Trinajstić information content (AvgIpc) is 3.80. The predicted octanol–water partition coefficient (Wildman–Crippen LogP) is 4.56. The molecule has 0 amide bonds. The molecule has 47 heavy (non-hydrogen) atoms. The van der Waals surface area contributed by atoms with Gasteiger partial charge in [-0.25, -0.2) is 19.6 Å². The van der Waals surface area contributed by atoms with Crippen LogP contribution in [0, 0.1) is 34.0 Å². The lowest BCUT2D eigenvalue weighted by atomic mass is 9.44. The molecule has 3 aromatic heterocycles. The minimum atomic E-state index is -0.712. The summed E-state index contributed by atoms with van der Waals surface area (Å²) in [5, 5.41) is 20.3. The quantitative estimate of drug-likeness (QED) is 0.226. The van der Waals surface area contributed by atoms with E-state index < -0.39 is 29.0 Å². The van der Waals surface area contributed by atoms with Gasteiger partial charge in [0.05, 0.1) is 12.3 Å². The Kier molecular flexibility index (Phi) is 7.34. The van der Waals surface area contributed by atoms with E-state index in [4.69, 9.17) is 10.5 Å². The molecule has 246 valence electrons. The number of ether oxygens (including phenoxy) is 1. The van der Waals surface area contributed by atoms with Gasteiger partial charge in [0.15, 0.2) is 17.0 Å². The number of nitrogen functional groups attached to an aromatic ring is 1. The third kappa shape index (κ3) is 4.70. The van der Waals surface area contributed by atoms with Crippen molar-refractivity contribution >= 4 is 28.7 Å².